The molecule has 194 valence electrons. The van der Waals surface area contributed by atoms with Gasteiger partial charge in [0, 0.05) is 30.2 Å². The summed E-state index contributed by atoms with van der Waals surface area (Å²) in [5.74, 6) is 0.574. The quantitative estimate of drug-likeness (QED) is 0.141. The molecule has 0 bridgehead atoms. The Hall–Kier alpha value is -2.04. The molecule has 1 aromatic heterocycles. The van der Waals surface area contributed by atoms with E-state index in [-0.39, 0.29) is 11.4 Å². The van der Waals surface area contributed by atoms with Crippen LogP contribution in [0.25, 0.3) is 0 Å². The normalized spacial score (nSPS) is 17.3. The second-order valence-electron chi connectivity index (χ2n) is 8.95. The summed E-state index contributed by atoms with van der Waals surface area (Å²) in [6.45, 7) is 3.68. The van der Waals surface area contributed by atoms with Crippen molar-refractivity contribution in [1.29, 1.82) is 0 Å². The van der Waals surface area contributed by atoms with E-state index in [9.17, 15) is 4.39 Å². The Bertz CT molecular complexity index is 1080. The number of aromatic nitrogens is 1. The Morgan fingerprint density at radius 2 is 2.06 bits per heavy atom. The number of hydrogen-bond acceptors (Lipinski definition) is 8. The van der Waals surface area contributed by atoms with Gasteiger partial charge in [-0.05, 0) is 87.0 Å². The fraction of sp³-hybridized carbons (Fsp3) is 0.423. The molecule has 1 atom stereocenters. The van der Waals surface area contributed by atoms with Gasteiger partial charge < -0.3 is 25.4 Å². The van der Waals surface area contributed by atoms with Crippen LogP contribution in [-0.2, 0) is 6.42 Å². The topological polar surface area (TPSA) is 70.2 Å². The van der Waals surface area contributed by atoms with Crippen molar-refractivity contribution in [1.82, 2.24) is 15.6 Å². The van der Waals surface area contributed by atoms with Crippen molar-refractivity contribution in [3.8, 4) is 5.75 Å². The number of ether oxygens (including phenoxy) is 1. The Labute approximate surface area is 225 Å². The van der Waals surface area contributed by atoms with Gasteiger partial charge in [-0.2, -0.15) is 0 Å². The number of nitrogens with one attached hydrogen (secondary N) is 4. The third-order valence-electron chi connectivity index (χ3n) is 6.30. The van der Waals surface area contributed by atoms with Crippen LogP contribution < -0.4 is 25.4 Å². The van der Waals surface area contributed by atoms with Crippen LogP contribution in [0.1, 0.15) is 31.2 Å². The van der Waals surface area contributed by atoms with E-state index in [0.717, 1.165) is 56.3 Å². The van der Waals surface area contributed by atoms with Crippen LogP contribution in [0.3, 0.4) is 0 Å². The molecule has 2 heterocycles. The number of rotatable bonds is 14. The van der Waals surface area contributed by atoms with E-state index in [1.807, 2.05) is 17.5 Å². The molecule has 0 amide bonds. The molecule has 0 spiro atoms. The van der Waals surface area contributed by atoms with Gasteiger partial charge in [0.15, 0.2) is 5.13 Å². The van der Waals surface area contributed by atoms with Crippen molar-refractivity contribution in [2.45, 2.75) is 42.5 Å². The summed E-state index contributed by atoms with van der Waals surface area (Å²) in [6, 6.07) is 11.5. The van der Waals surface area contributed by atoms with Crippen LogP contribution in [0.15, 0.2) is 52.9 Å². The molecule has 0 aliphatic carbocycles. The minimum absolute atomic E-state index is 0.103. The lowest BCUT2D eigenvalue weighted by Gasteiger charge is -2.30. The number of halogens is 2. The lowest BCUT2D eigenvalue weighted by molar-refractivity contribution is 0.348. The second-order valence-corrected chi connectivity index (χ2v) is 11.1. The van der Waals surface area contributed by atoms with Crippen molar-refractivity contribution < 1.29 is 9.13 Å². The maximum atomic E-state index is 14.5. The van der Waals surface area contributed by atoms with E-state index in [1.165, 1.54) is 47.8 Å². The molecule has 2 aromatic carbocycles. The van der Waals surface area contributed by atoms with Crippen molar-refractivity contribution in [3.63, 3.8) is 0 Å². The first kappa shape index (κ1) is 27.0. The van der Waals surface area contributed by atoms with Crippen molar-refractivity contribution in [2.24, 2.45) is 0 Å². The van der Waals surface area contributed by atoms with Gasteiger partial charge in [0.2, 0.25) is 0 Å². The van der Waals surface area contributed by atoms with Crippen LogP contribution in [0.4, 0.5) is 15.2 Å². The molecule has 1 fully saturated rings. The van der Waals surface area contributed by atoms with Gasteiger partial charge in [0.1, 0.15) is 11.6 Å². The fourth-order valence-electron chi connectivity index (χ4n) is 4.41. The summed E-state index contributed by atoms with van der Waals surface area (Å²) in [5.41, 5.74) is 2.05. The van der Waals surface area contributed by atoms with E-state index in [4.69, 9.17) is 16.3 Å². The number of hydrogen-bond donors (Lipinski definition) is 4. The second kappa shape index (κ2) is 13.5. The van der Waals surface area contributed by atoms with Gasteiger partial charge in [-0.3, -0.25) is 0 Å². The van der Waals surface area contributed by atoms with E-state index >= 15 is 0 Å². The molecule has 0 saturated carbocycles. The predicted molar refractivity (Wildman–Crippen MR) is 150 cm³/mol. The van der Waals surface area contributed by atoms with Gasteiger partial charge in [0.25, 0.3) is 0 Å². The molecule has 4 N–H and O–H groups in total. The standard InChI is InChI=1S/C26H33ClFN5OS2/c1-34-20-7-5-19(6-8-20)17-26(9-4-12-32-26)18-29-10-2-3-11-30-23-16-22(28)24(15-21(23)27)36-33-25-31-13-14-35-25/h5-8,13-16,29-30,32H,2-4,9-12,17-18H2,1H3,(H,31,33). The van der Waals surface area contributed by atoms with Gasteiger partial charge in [-0.15, -0.1) is 11.3 Å². The smallest absolute Gasteiger partial charge is 0.192 e. The molecule has 6 nitrogen and oxygen atoms in total. The number of nitrogens with zero attached hydrogens (tertiary/aromatic N) is 1. The minimum Gasteiger partial charge on any atom is -0.497 e. The molecular weight excluding hydrogens is 517 g/mol. The highest BCUT2D eigenvalue weighted by atomic mass is 35.5. The Balaban J connectivity index is 1.16. The van der Waals surface area contributed by atoms with Gasteiger partial charge >= 0.3 is 0 Å². The summed E-state index contributed by atoms with van der Waals surface area (Å²) < 4.78 is 22.8. The lowest BCUT2D eigenvalue weighted by Crippen LogP contribution is -2.50. The molecule has 1 saturated heterocycles. The zero-order chi connectivity index (χ0) is 25.2. The Kier molecular flexibility index (Phi) is 10.1. The number of anilines is 2. The van der Waals surface area contributed by atoms with Crippen LogP contribution >= 0.6 is 34.9 Å². The zero-order valence-corrected chi connectivity index (χ0v) is 22.8. The predicted octanol–water partition coefficient (Wildman–Crippen LogP) is 6.21. The monoisotopic (exact) mass is 549 g/mol. The first-order chi connectivity index (χ1) is 17.6. The highest BCUT2D eigenvalue weighted by molar-refractivity contribution is 8.00. The van der Waals surface area contributed by atoms with E-state index in [1.54, 1.807) is 19.4 Å². The molecule has 36 heavy (non-hydrogen) atoms. The number of methoxy groups -OCH3 is 1. The molecule has 1 aliphatic rings. The molecule has 10 heteroatoms. The number of thiazole rings is 1. The maximum Gasteiger partial charge on any atom is 0.192 e. The lowest BCUT2D eigenvalue weighted by atomic mass is 9.89. The number of unbranched alkanes of at least 4 members (excludes halogenated alkanes) is 1. The highest BCUT2D eigenvalue weighted by Crippen LogP contribution is 2.32. The van der Waals surface area contributed by atoms with Crippen LogP contribution in [0.5, 0.6) is 5.75 Å². The Morgan fingerprint density at radius 3 is 2.78 bits per heavy atom. The zero-order valence-electron chi connectivity index (χ0n) is 20.4. The minimum atomic E-state index is -0.316. The number of benzene rings is 2. The van der Waals surface area contributed by atoms with E-state index < -0.39 is 0 Å². The third kappa shape index (κ3) is 7.73. The molecule has 3 aromatic rings. The van der Waals surface area contributed by atoms with E-state index in [2.05, 4.69) is 37.8 Å². The van der Waals surface area contributed by atoms with Gasteiger partial charge in [-0.25, -0.2) is 9.37 Å². The maximum absolute atomic E-state index is 14.5. The molecular formula is C26H33ClFN5OS2. The van der Waals surface area contributed by atoms with Gasteiger partial charge in [-0.1, -0.05) is 23.7 Å². The largest absolute Gasteiger partial charge is 0.497 e. The first-order valence-corrected chi connectivity index (χ1v) is 14.3. The fourth-order valence-corrected chi connectivity index (χ4v) is 5.98. The SMILES string of the molecule is COc1ccc(CC2(CNCCCCNc3cc(F)c(SNc4nccs4)cc3Cl)CCCN2)cc1. The van der Waals surface area contributed by atoms with Crippen molar-refractivity contribution in [2.75, 3.05) is 43.3 Å². The summed E-state index contributed by atoms with van der Waals surface area (Å²) in [6.07, 6.45) is 7.07. The summed E-state index contributed by atoms with van der Waals surface area (Å²) in [4.78, 5) is 4.57. The summed E-state index contributed by atoms with van der Waals surface area (Å²) in [7, 11) is 1.69. The van der Waals surface area contributed by atoms with Crippen LogP contribution in [0.2, 0.25) is 5.02 Å². The van der Waals surface area contributed by atoms with Crippen LogP contribution in [-0.4, -0.2) is 43.8 Å². The highest BCUT2D eigenvalue weighted by Gasteiger charge is 2.33. The Morgan fingerprint density at radius 1 is 1.22 bits per heavy atom. The average Bonchev–Trinajstić information content (AvgIpc) is 3.57. The molecule has 1 unspecified atom stereocenters. The summed E-state index contributed by atoms with van der Waals surface area (Å²) in [5, 5.41) is 13.7. The van der Waals surface area contributed by atoms with Crippen molar-refractivity contribution in [3.05, 3.63) is 64.4 Å². The van der Waals surface area contributed by atoms with Crippen LogP contribution in [0, 0.1) is 5.82 Å². The molecule has 1 aliphatic heterocycles. The van der Waals surface area contributed by atoms with E-state index in [0.29, 0.717) is 15.6 Å². The molecule has 0 radical (unpaired) electrons. The average molecular weight is 550 g/mol. The van der Waals surface area contributed by atoms with Gasteiger partial charge in [0.05, 0.1) is 22.7 Å². The first-order valence-electron chi connectivity index (χ1n) is 12.2. The van der Waals surface area contributed by atoms with Crippen molar-refractivity contribution >= 4 is 45.7 Å². The summed E-state index contributed by atoms with van der Waals surface area (Å²) >= 11 is 9.01. The third-order valence-corrected chi connectivity index (χ3v) is 8.25. The molecule has 4 rings (SSSR count).